The maximum absolute atomic E-state index is 12.1. The fourth-order valence-corrected chi connectivity index (χ4v) is 3.02. The molecule has 1 atom stereocenters. The van der Waals surface area contributed by atoms with E-state index in [1.165, 1.54) is 12.8 Å². The molecule has 0 spiro atoms. The average Bonchev–Trinajstić information content (AvgIpc) is 2.83. The van der Waals surface area contributed by atoms with Crippen LogP contribution in [0.2, 0.25) is 0 Å². The summed E-state index contributed by atoms with van der Waals surface area (Å²) in [5.41, 5.74) is 0. The number of ether oxygens (including phenoxy) is 1. The van der Waals surface area contributed by atoms with Crippen LogP contribution in [0.3, 0.4) is 0 Å². The molecular formula is C14H27N3O2. The molecule has 0 bridgehead atoms. The molecule has 19 heavy (non-hydrogen) atoms. The first-order valence-electron chi connectivity index (χ1n) is 7.55. The maximum Gasteiger partial charge on any atom is 0.317 e. The van der Waals surface area contributed by atoms with Gasteiger partial charge in [-0.25, -0.2) is 4.79 Å². The highest BCUT2D eigenvalue weighted by atomic mass is 16.5. The normalized spacial score (nSPS) is 25.8. The lowest BCUT2D eigenvalue weighted by Crippen LogP contribution is -2.48. The first-order chi connectivity index (χ1) is 9.20. The SMILES string of the molecule is CCOC1CCN(C(=O)NC[C@@H]2CCCN2C)CC1. The van der Waals surface area contributed by atoms with Crippen molar-refractivity contribution >= 4 is 6.03 Å². The van der Waals surface area contributed by atoms with E-state index in [1.54, 1.807) is 0 Å². The van der Waals surface area contributed by atoms with Gasteiger partial charge in [-0.3, -0.25) is 0 Å². The van der Waals surface area contributed by atoms with Gasteiger partial charge in [0.05, 0.1) is 6.10 Å². The van der Waals surface area contributed by atoms with Crippen LogP contribution in [-0.4, -0.2) is 67.8 Å². The number of piperidine rings is 1. The van der Waals surface area contributed by atoms with Crippen LogP contribution in [0.25, 0.3) is 0 Å². The van der Waals surface area contributed by atoms with Crippen LogP contribution in [0.4, 0.5) is 4.79 Å². The van der Waals surface area contributed by atoms with Gasteiger partial charge in [-0.1, -0.05) is 0 Å². The Bertz CT molecular complexity index is 290. The molecular weight excluding hydrogens is 242 g/mol. The van der Waals surface area contributed by atoms with E-state index < -0.39 is 0 Å². The molecule has 0 saturated carbocycles. The third-order valence-corrected chi connectivity index (χ3v) is 4.29. The zero-order valence-electron chi connectivity index (χ0n) is 12.2. The van der Waals surface area contributed by atoms with Gasteiger partial charge in [0.25, 0.3) is 0 Å². The van der Waals surface area contributed by atoms with Crippen LogP contribution in [-0.2, 0) is 4.74 Å². The number of urea groups is 1. The fourth-order valence-electron chi connectivity index (χ4n) is 3.02. The molecule has 1 N–H and O–H groups in total. The molecule has 0 aromatic carbocycles. The van der Waals surface area contributed by atoms with E-state index in [0.29, 0.717) is 12.1 Å². The highest BCUT2D eigenvalue weighted by Crippen LogP contribution is 2.15. The number of hydrogen-bond acceptors (Lipinski definition) is 3. The fraction of sp³-hybridized carbons (Fsp3) is 0.929. The Kier molecular flexibility index (Phi) is 5.45. The maximum atomic E-state index is 12.1. The molecule has 2 aliphatic rings. The van der Waals surface area contributed by atoms with Crippen molar-refractivity contribution in [1.82, 2.24) is 15.1 Å². The lowest BCUT2D eigenvalue weighted by atomic mass is 10.1. The Morgan fingerprint density at radius 3 is 2.58 bits per heavy atom. The van der Waals surface area contributed by atoms with Crippen LogP contribution in [0.1, 0.15) is 32.6 Å². The van der Waals surface area contributed by atoms with Crippen LogP contribution in [0.15, 0.2) is 0 Å². The van der Waals surface area contributed by atoms with Crippen molar-refractivity contribution in [2.45, 2.75) is 44.8 Å². The second-order valence-electron chi connectivity index (χ2n) is 5.60. The molecule has 2 fully saturated rings. The van der Waals surface area contributed by atoms with Crippen molar-refractivity contribution in [3.05, 3.63) is 0 Å². The lowest BCUT2D eigenvalue weighted by Gasteiger charge is -2.32. The molecule has 2 amide bonds. The van der Waals surface area contributed by atoms with Crippen LogP contribution >= 0.6 is 0 Å². The predicted octanol–water partition coefficient (Wildman–Crippen LogP) is 1.29. The topological polar surface area (TPSA) is 44.8 Å². The monoisotopic (exact) mass is 269 g/mol. The first kappa shape index (κ1) is 14.6. The molecule has 0 aromatic rings. The summed E-state index contributed by atoms with van der Waals surface area (Å²) >= 11 is 0. The van der Waals surface area contributed by atoms with Crippen molar-refractivity contribution in [3.63, 3.8) is 0 Å². The summed E-state index contributed by atoms with van der Waals surface area (Å²) in [4.78, 5) is 16.3. The van der Waals surface area contributed by atoms with Crippen molar-refractivity contribution in [2.75, 3.05) is 39.8 Å². The quantitative estimate of drug-likeness (QED) is 0.836. The van der Waals surface area contributed by atoms with Crippen molar-refractivity contribution in [3.8, 4) is 0 Å². The summed E-state index contributed by atoms with van der Waals surface area (Å²) in [6.07, 6.45) is 4.71. The largest absolute Gasteiger partial charge is 0.378 e. The van der Waals surface area contributed by atoms with E-state index in [-0.39, 0.29) is 6.03 Å². The lowest BCUT2D eigenvalue weighted by molar-refractivity contribution is 0.0219. The molecule has 5 nitrogen and oxygen atoms in total. The third-order valence-electron chi connectivity index (χ3n) is 4.29. The van der Waals surface area contributed by atoms with Crippen molar-refractivity contribution < 1.29 is 9.53 Å². The minimum atomic E-state index is 0.0928. The molecule has 0 aromatic heterocycles. The van der Waals surface area contributed by atoms with Crippen LogP contribution in [0, 0.1) is 0 Å². The highest BCUT2D eigenvalue weighted by Gasteiger charge is 2.25. The Morgan fingerprint density at radius 1 is 1.26 bits per heavy atom. The standard InChI is InChI=1S/C14H27N3O2/c1-3-19-13-6-9-17(10-7-13)14(18)15-11-12-5-4-8-16(12)2/h12-13H,3-11H2,1-2H3,(H,15,18)/t12-/m0/s1. The number of rotatable bonds is 4. The molecule has 2 rings (SSSR count). The number of amides is 2. The van der Waals surface area contributed by atoms with E-state index in [2.05, 4.69) is 17.3 Å². The highest BCUT2D eigenvalue weighted by molar-refractivity contribution is 5.74. The van der Waals surface area contributed by atoms with Crippen molar-refractivity contribution in [2.24, 2.45) is 0 Å². The molecule has 0 aliphatic carbocycles. The zero-order chi connectivity index (χ0) is 13.7. The summed E-state index contributed by atoms with van der Waals surface area (Å²) in [5.74, 6) is 0. The molecule has 2 aliphatic heterocycles. The first-order valence-corrected chi connectivity index (χ1v) is 7.55. The Balaban J connectivity index is 1.66. The molecule has 110 valence electrons. The van der Waals surface area contributed by atoms with Gasteiger partial charge in [0.2, 0.25) is 0 Å². The number of nitrogens with zero attached hydrogens (tertiary/aromatic N) is 2. The minimum absolute atomic E-state index is 0.0928. The summed E-state index contributed by atoms with van der Waals surface area (Å²) in [5, 5.41) is 3.08. The Hall–Kier alpha value is -0.810. The smallest absolute Gasteiger partial charge is 0.317 e. The van der Waals surface area contributed by atoms with E-state index in [4.69, 9.17) is 4.74 Å². The molecule has 0 unspecified atom stereocenters. The van der Waals surface area contributed by atoms with Gasteiger partial charge >= 0.3 is 6.03 Å². The zero-order valence-corrected chi connectivity index (χ0v) is 12.2. The molecule has 2 saturated heterocycles. The van der Waals surface area contributed by atoms with Gasteiger partial charge < -0.3 is 19.9 Å². The number of nitrogens with one attached hydrogen (secondary N) is 1. The van der Waals surface area contributed by atoms with E-state index >= 15 is 0 Å². The summed E-state index contributed by atoms with van der Waals surface area (Å²) in [6, 6.07) is 0.611. The third kappa shape index (κ3) is 4.08. The molecule has 0 radical (unpaired) electrons. The van der Waals surface area contributed by atoms with Crippen molar-refractivity contribution in [1.29, 1.82) is 0 Å². The minimum Gasteiger partial charge on any atom is -0.378 e. The van der Waals surface area contributed by atoms with E-state index in [1.807, 2.05) is 11.8 Å². The van der Waals surface area contributed by atoms with E-state index in [0.717, 1.165) is 45.6 Å². The second-order valence-corrected chi connectivity index (χ2v) is 5.60. The van der Waals surface area contributed by atoms with Gasteiger partial charge in [-0.15, -0.1) is 0 Å². The van der Waals surface area contributed by atoms with Gasteiger partial charge in [-0.2, -0.15) is 0 Å². The van der Waals surface area contributed by atoms with Gasteiger partial charge in [0.15, 0.2) is 0 Å². The number of carbonyl (C=O) groups excluding carboxylic acids is 1. The van der Waals surface area contributed by atoms with Crippen LogP contribution in [0.5, 0.6) is 0 Å². The summed E-state index contributed by atoms with van der Waals surface area (Å²) in [7, 11) is 2.14. The molecule has 5 heteroatoms. The Morgan fingerprint density at radius 2 is 2.00 bits per heavy atom. The average molecular weight is 269 g/mol. The number of likely N-dealkylation sites (N-methyl/N-ethyl adjacent to an activating group) is 1. The molecule has 2 heterocycles. The van der Waals surface area contributed by atoms with E-state index in [9.17, 15) is 4.79 Å². The number of carbonyl (C=O) groups is 1. The van der Waals surface area contributed by atoms with Gasteiger partial charge in [-0.05, 0) is 46.2 Å². The van der Waals surface area contributed by atoms with Gasteiger partial charge in [0, 0.05) is 32.3 Å². The number of hydrogen-bond donors (Lipinski definition) is 1. The second kappa shape index (κ2) is 7.10. The van der Waals surface area contributed by atoms with Gasteiger partial charge in [0.1, 0.15) is 0 Å². The van der Waals surface area contributed by atoms with Crippen LogP contribution < -0.4 is 5.32 Å². The number of likely N-dealkylation sites (tertiary alicyclic amines) is 2. The summed E-state index contributed by atoms with van der Waals surface area (Å²) < 4.78 is 5.60. The summed E-state index contributed by atoms with van der Waals surface area (Å²) in [6.45, 7) is 6.36. The predicted molar refractivity (Wildman–Crippen MR) is 75.3 cm³/mol. The Labute approximate surface area is 116 Å².